The molecule has 0 rings (SSSR count). The van der Waals surface area contributed by atoms with Crippen LogP contribution >= 0.6 is 15.9 Å². The van der Waals surface area contributed by atoms with Crippen molar-refractivity contribution < 1.29 is 27.6 Å². The highest BCUT2D eigenvalue weighted by Crippen LogP contribution is 2.49. The van der Waals surface area contributed by atoms with Gasteiger partial charge in [-0.15, -0.1) is 0 Å². The third-order valence-corrected chi connectivity index (χ3v) is 3.06. The van der Waals surface area contributed by atoms with Crippen molar-refractivity contribution in [2.45, 2.75) is 39.9 Å². The summed E-state index contributed by atoms with van der Waals surface area (Å²) in [4.78, 5) is 8.36. The van der Waals surface area contributed by atoms with Crippen LogP contribution < -0.4 is 0 Å². The van der Waals surface area contributed by atoms with Gasteiger partial charge in [0.2, 0.25) is 0 Å². The first kappa shape index (κ1) is 15.7. The van der Waals surface area contributed by atoms with E-state index in [-0.39, 0.29) is 12.2 Å². The second-order valence-electron chi connectivity index (χ2n) is 3.39. The van der Waals surface area contributed by atoms with Gasteiger partial charge >= 0.3 is 15.9 Å². The van der Waals surface area contributed by atoms with Gasteiger partial charge in [0.1, 0.15) is 6.11 Å². The van der Waals surface area contributed by atoms with E-state index in [2.05, 4.69) is 10.2 Å². The van der Waals surface area contributed by atoms with Crippen molar-refractivity contribution >= 4 is 15.9 Å². The van der Waals surface area contributed by atoms with Crippen molar-refractivity contribution in [2.75, 3.05) is 0 Å². The number of rotatable bonds is 5. The third-order valence-electron chi connectivity index (χ3n) is 1.02. The van der Waals surface area contributed by atoms with Gasteiger partial charge in [-0.2, -0.15) is 0 Å². The summed E-state index contributed by atoms with van der Waals surface area (Å²) < 4.78 is 36.3. The third kappa shape index (κ3) is 7.92. The summed E-state index contributed by atoms with van der Waals surface area (Å²) in [6.45, 7) is 6.70. The molecule has 0 aliphatic carbocycles. The molecule has 0 aliphatic heterocycles. The molecule has 0 heterocycles. The van der Waals surface area contributed by atoms with Crippen molar-refractivity contribution in [2.24, 2.45) is 0 Å². The van der Waals surface area contributed by atoms with Gasteiger partial charge in [0.25, 0.3) is 0 Å². The summed E-state index contributed by atoms with van der Waals surface area (Å²) in [6.07, 6.45) is 1.17. The minimum atomic E-state index is -3.61. The molecule has 1 atom stereocenters. The second-order valence-corrected chi connectivity index (χ2v) is 5.76. The van der Waals surface area contributed by atoms with Crippen molar-refractivity contribution in [3.8, 4) is 11.8 Å². The van der Waals surface area contributed by atoms with Crippen molar-refractivity contribution in [3.05, 3.63) is 0 Å². The molecule has 8 heteroatoms. The summed E-state index contributed by atoms with van der Waals surface area (Å²) in [5, 5.41) is 0. The van der Waals surface area contributed by atoms with Gasteiger partial charge in [-0.05, 0) is 27.7 Å². The smallest absolute Gasteiger partial charge is 0.372 e. The fraction of sp³-hybridized carbons (Fsp3) is 0.750. The number of hydrogen-bond donors (Lipinski definition) is 1. The van der Waals surface area contributed by atoms with Gasteiger partial charge in [-0.25, -0.2) is 9.13 Å². The molecule has 0 aromatic heterocycles. The Labute approximate surface area is 95.8 Å². The van der Waals surface area contributed by atoms with E-state index in [4.69, 9.17) is 13.9 Å². The molecule has 0 radical (unpaired) electrons. The molecule has 94 valence electrons. The maximum absolute atomic E-state index is 11.9. The maximum Gasteiger partial charge on any atom is 0.409 e. The molecular weight excluding hydrogens is 254 g/mol. The highest BCUT2D eigenvalue weighted by atomic mass is 31.2. The lowest BCUT2D eigenvalue weighted by atomic mass is 10.5. The average molecular weight is 270 g/mol. The van der Waals surface area contributed by atoms with Crippen molar-refractivity contribution in [1.82, 2.24) is 0 Å². The van der Waals surface area contributed by atoms with E-state index in [9.17, 15) is 9.13 Å². The zero-order chi connectivity index (χ0) is 12.8. The molecule has 0 aliphatic rings. The fourth-order valence-corrected chi connectivity index (χ4v) is 2.40. The standard InChI is InChI=1S/C8H16O6P2/c1-7(2)13-16(11,14-8(3)4)6-5-12-15(9)10/h7-8,15H,1-4H3,(H,9,10). The fourth-order valence-electron chi connectivity index (χ4n) is 0.755. The largest absolute Gasteiger partial charge is 0.409 e. The van der Waals surface area contributed by atoms with E-state index < -0.39 is 15.9 Å². The Morgan fingerprint density at radius 1 is 1.19 bits per heavy atom. The Hall–Kier alpha value is -0.300. The highest BCUT2D eigenvalue weighted by molar-refractivity contribution is 7.59. The predicted molar refractivity (Wildman–Crippen MR) is 60.1 cm³/mol. The van der Waals surface area contributed by atoms with Crippen molar-refractivity contribution in [3.63, 3.8) is 0 Å². The normalized spacial score (nSPS) is 13.4. The first-order valence-corrected chi connectivity index (χ1v) is 7.44. The summed E-state index contributed by atoms with van der Waals surface area (Å²) in [7, 11) is -6.78. The molecule has 0 bridgehead atoms. The van der Waals surface area contributed by atoms with Crippen LogP contribution in [0.25, 0.3) is 0 Å². The molecule has 0 spiro atoms. The lowest BCUT2D eigenvalue weighted by molar-refractivity contribution is 0.150. The Balaban J connectivity index is 4.70. The van der Waals surface area contributed by atoms with Crippen LogP contribution in [0.4, 0.5) is 0 Å². The monoisotopic (exact) mass is 270 g/mol. The lowest BCUT2D eigenvalue weighted by Gasteiger charge is -2.17. The van der Waals surface area contributed by atoms with Crippen LogP contribution in [0.15, 0.2) is 0 Å². The Morgan fingerprint density at radius 3 is 1.94 bits per heavy atom. The Morgan fingerprint density at radius 2 is 1.62 bits per heavy atom. The minimum absolute atomic E-state index is 0.343. The van der Waals surface area contributed by atoms with E-state index in [0.717, 1.165) is 0 Å². The van der Waals surface area contributed by atoms with Crippen LogP contribution in [0, 0.1) is 11.8 Å². The van der Waals surface area contributed by atoms with Crippen LogP contribution in [0.5, 0.6) is 0 Å². The second kappa shape index (κ2) is 7.11. The zero-order valence-electron chi connectivity index (χ0n) is 9.59. The molecule has 0 saturated heterocycles. The summed E-state index contributed by atoms with van der Waals surface area (Å²) in [5.41, 5.74) is 2.09. The first-order chi connectivity index (χ1) is 7.25. The molecule has 6 nitrogen and oxygen atoms in total. The Kier molecular flexibility index (Phi) is 6.98. The van der Waals surface area contributed by atoms with Gasteiger partial charge < -0.3 is 9.42 Å². The van der Waals surface area contributed by atoms with Gasteiger partial charge in [0.15, 0.2) is 0 Å². The zero-order valence-corrected chi connectivity index (χ0v) is 11.5. The van der Waals surface area contributed by atoms with Crippen molar-refractivity contribution in [1.29, 1.82) is 0 Å². The maximum atomic E-state index is 11.9. The predicted octanol–water partition coefficient (Wildman–Crippen LogP) is 2.35. The molecule has 0 aromatic rings. The van der Waals surface area contributed by atoms with E-state index in [1.807, 2.05) is 6.11 Å². The quantitative estimate of drug-likeness (QED) is 0.610. The molecule has 16 heavy (non-hydrogen) atoms. The van der Waals surface area contributed by atoms with Gasteiger partial charge in [0.05, 0.1) is 17.9 Å². The molecule has 0 aromatic carbocycles. The van der Waals surface area contributed by atoms with E-state index in [1.54, 1.807) is 27.7 Å². The number of hydrogen-bond acceptors (Lipinski definition) is 5. The van der Waals surface area contributed by atoms with Crippen LogP contribution in [-0.2, 0) is 22.7 Å². The molecule has 0 amide bonds. The molecule has 0 saturated carbocycles. The molecule has 1 N–H and O–H groups in total. The van der Waals surface area contributed by atoms with Gasteiger partial charge in [-0.1, -0.05) is 0 Å². The van der Waals surface area contributed by atoms with Crippen LogP contribution in [0.2, 0.25) is 0 Å². The minimum Gasteiger partial charge on any atom is -0.372 e. The summed E-state index contributed by atoms with van der Waals surface area (Å²) >= 11 is 0. The van der Waals surface area contributed by atoms with Gasteiger partial charge in [-0.3, -0.25) is 9.05 Å². The molecular formula is C8H16O6P2. The van der Waals surface area contributed by atoms with E-state index in [0.29, 0.717) is 0 Å². The van der Waals surface area contributed by atoms with E-state index in [1.165, 1.54) is 0 Å². The van der Waals surface area contributed by atoms with Crippen LogP contribution in [0.3, 0.4) is 0 Å². The average Bonchev–Trinajstić information content (AvgIpc) is 1.98. The van der Waals surface area contributed by atoms with Crippen LogP contribution in [0.1, 0.15) is 27.7 Å². The molecule has 1 unspecified atom stereocenters. The lowest BCUT2D eigenvalue weighted by Crippen LogP contribution is -2.06. The molecule has 0 fully saturated rings. The SMILES string of the molecule is CC(C)OP(=O)(C#CO[PH](=O)O)OC(C)C. The highest BCUT2D eigenvalue weighted by Gasteiger charge is 2.25. The summed E-state index contributed by atoms with van der Waals surface area (Å²) in [6, 6.07) is 0. The Bertz CT molecular complexity index is 326. The van der Waals surface area contributed by atoms with Gasteiger partial charge in [0, 0.05) is 0 Å². The summed E-state index contributed by atoms with van der Waals surface area (Å²) in [5.74, 6) is 0. The first-order valence-electron chi connectivity index (χ1n) is 4.64. The topological polar surface area (TPSA) is 82.1 Å². The van der Waals surface area contributed by atoms with Crippen LogP contribution in [-0.4, -0.2) is 17.1 Å². The van der Waals surface area contributed by atoms with E-state index >= 15 is 0 Å².